The van der Waals surface area contributed by atoms with Gasteiger partial charge in [-0.2, -0.15) is 0 Å². The highest BCUT2D eigenvalue weighted by Gasteiger charge is 2.18. The average Bonchev–Trinajstić information content (AvgIpc) is 3.00. The number of anilines is 1. The van der Waals surface area contributed by atoms with E-state index in [9.17, 15) is 4.79 Å². The van der Waals surface area contributed by atoms with Gasteiger partial charge in [0, 0.05) is 31.3 Å². The van der Waals surface area contributed by atoms with Crippen molar-refractivity contribution in [1.82, 2.24) is 5.32 Å². The van der Waals surface area contributed by atoms with Crippen LogP contribution in [0.5, 0.6) is 11.5 Å². The van der Waals surface area contributed by atoms with Gasteiger partial charge in [-0.25, -0.2) is 0 Å². The second-order valence-corrected chi connectivity index (χ2v) is 5.25. The Bertz CT molecular complexity index is 493. The number of halogens is 1. The molecule has 1 fully saturated rings. The lowest BCUT2D eigenvalue weighted by molar-refractivity contribution is -0.116. The van der Waals surface area contributed by atoms with E-state index in [1.807, 2.05) is 6.07 Å². The van der Waals surface area contributed by atoms with Crippen LogP contribution in [0.25, 0.3) is 0 Å². The van der Waals surface area contributed by atoms with Crippen molar-refractivity contribution in [3.63, 3.8) is 0 Å². The molecule has 0 bridgehead atoms. The predicted octanol–water partition coefficient (Wildman–Crippen LogP) is 2.22. The third kappa shape index (κ3) is 6.25. The fourth-order valence-electron chi connectivity index (χ4n) is 2.47. The highest BCUT2D eigenvalue weighted by Crippen LogP contribution is 2.30. The maximum absolute atomic E-state index is 12.1. The molecule has 1 aliphatic heterocycles. The summed E-state index contributed by atoms with van der Waals surface area (Å²) < 4.78 is 15.8. The van der Waals surface area contributed by atoms with Crippen molar-refractivity contribution in [2.24, 2.45) is 0 Å². The summed E-state index contributed by atoms with van der Waals surface area (Å²) in [6, 6.07) is 5.65. The number of amides is 1. The van der Waals surface area contributed by atoms with E-state index in [4.69, 9.17) is 14.2 Å². The molecule has 2 N–H and O–H groups in total. The number of benzene rings is 1. The lowest BCUT2D eigenvalue weighted by Crippen LogP contribution is -2.27. The molecule has 1 aliphatic rings. The Morgan fingerprint density at radius 2 is 2.13 bits per heavy atom. The number of carbonyl (C=O) groups is 1. The summed E-state index contributed by atoms with van der Waals surface area (Å²) in [6.45, 7) is 1.92. The summed E-state index contributed by atoms with van der Waals surface area (Å²) in [5, 5.41) is 6.22. The molecule has 0 radical (unpaired) electrons. The summed E-state index contributed by atoms with van der Waals surface area (Å²) >= 11 is 0. The zero-order valence-electron chi connectivity index (χ0n) is 13.6. The molecule has 0 saturated carbocycles. The molecule has 1 aromatic rings. The third-order valence-electron chi connectivity index (χ3n) is 3.59. The van der Waals surface area contributed by atoms with Crippen LogP contribution in [-0.4, -0.2) is 45.9 Å². The van der Waals surface area contributed by atoms with Gasteiger partial charge in [0.2, 0.25) is 5.91 Å². The number of carbonyl (C=O) groups excluding carboxylic acids is 1. The molecule has 6 nitrogen and oxygen atoms in total. The fraction of sp³-hybridized carbons (Fsp3) is 0.562. The largest absolute Gasteiger partial charge is 0.493 e. The number of ether oxygens (including phenoxy) is 3. The van der Waals surface area contributed by atoms with Gasteiger partial charge < -0.3 is 24.8 Å². The van der Waals surface area contributed by atoms with Crippen molar-refractivity contribution in [3.05, 3.63) is 18.2 Å². The minimum Gasteiger partial charge on any atom is -0.493 e. The first-order valence-corrected chi connectivity index (χ1v) is 7.56. The van der Waals surface area contributed by atoms with Gasteiger partial charge in [0.1, 0.15) is 6.61 Å². The summed E-state index contributed by atoms with van der Waals surface area (Å²) in [5.41, 5.74) is 0.705. The average molecular weight is 345 g/mol. The molecule has 130 valence electrons. The van der Waals surface area contributed by atoms with Gasteiger partial charge in [-0.1, -0.05) is 0 Å². The molecular weight excluding hydrogens is 320 g/mol. The normalized spacial score (nSPS) is 16.5. The number of methoxy groups -OCH3 is 2. The van der Waals surface area contributed by atoms with E-state index < -0.39 is 0 Å². The van der Waals surface area contributed by atoms with Crippen molar-refractivity contribution in [2.45, 2.75) is 25.3 Å². The van der Waals surface area contributed by atoms with Crippen LogP contribution >= 0.6 is 12.4 Å². The van der Waals surface area contributed by atoms with Gasteiger partial charge in [-0.05, 0) is 31.5 Å². The SMILES string of the molecule is COCCOc1cc(NC(=O)CC2CCCN2)ccc1OC.Cl. The van der Waals surface area contributed by atoms with E-state index in [0.29, 0.717) is 36.8 Å². The molecule has 0 aromatic heterocycles. The molecule has 1 heterocycles. The first kappa shape index (κ1) is 19.5. The Morgan fingerprint density at radius 3 is 2.78 bits per heavy atom. The number of hydrogen-bond acceptors (Lipinski definition) is 5. The lowest BCUT2D eigenvalue weighted by Gasteiger charge is -2.14. The third-order valence-corrected chi connectivity index (χ3v) is 3.59. The van der Waals surface area contributed by atoms with E-state index in [0.717, 1.165) is 19.4 Å². The number of nitrogens with one attached hydrogen (secondary N) is 2. The molecule has 1 atom stereocenters. The van der Waals surface area contributed by atoms with Gasteiger partial charge in [0.15, 0.2) is 11.5 Å². The maximum Gasteiger partial charge on any atom is 0.225 e. The van der Waals surface area contributed by atoms with Crippen LogP contribution in [0, 0.1) is 0 Å². The van der Waals surface area contributed by atoms with Crippen LogP contribution < -0.4 is 20.1 Å². The molecule has 0 spiro atoms. The van der Waals surface area contributed by atoms with Crippen molar-refractivity contribution < 1.29 is 19.0 Å². The summed E-state index contributed by atoms with van der Waals surface area (Å²) in [6.07, 6.45) is 2.69. The molecule has 1 amide bonds. The minimum absolute atomic E-state index is 0. The van der Waals surface area contributed by atoms with Crippen molar-refractivity contribution in [3.8, 4) is 11.5 Å². The Labute approximate surface area is 143 Å². The predicted molar refractivity (Wildman–Crippen MR) is 91.9 cm³/mol. The van der Waals surface area contributed by atoms with E-state index in [-0.39, 0.29) is 24.4 Å². The molecule has 1 aromatic carbocycles. The lowest BCUT2D eigenvalue weighted by atomic mass is 10.1. The molecule has 1 unspecified atom stereocenters. The monoisotopic (exact) mass is 344 g/mol. The Hall–Kier alpha value is -1.50. The maximum atomic E-state index is 12.1. The second kappa shape index (κ2) is 10.3. The van der Waals surface area contributed by atoms with E-state index in [1.165, 1.54) is 0 Å². The van der Waals surface area contributed by atoms with Gasteiger partial charge in [0.05, 0.1) is 13.7 Å². The summed E-state index contributed by atoms with van der Waals surface area (Å²) in [5.74, 6) is 1.23. The fourth-order valence-corrected chi connectivity index (χ4v) is 2.47. The van der Waals surface area contributed by atoms with Gasteiger partial charge in [-0.3, -0.25) is 4.79 Å². The van der Waals surface area contributed by atoms with Gasteiger partial charge in [0.25, 0.3) is 0 Å². The molecule has 0 aliphatic carbocycles. The van der Waals surface area contributed by atoms with Gasteiger partial charge in [-0.15, -0.1) is 12.4 Å². The smallest absolute Gasteiger partial charge is 0.225 e. The van der Waals surface area contributed by atoms with E-state index >= 15 is 0 Å². The van der Waals surface area contributed by atoms with Crippen LogP contribution in [0.3, 0.4) is 0 Å². The number of rotatable bonds is 8. The van der Waals surface area contributed by atoms with E-state index in [1.54, 1.807) is 26.4 Å². The van der Waals surface area contributed by atoms with Crippen molar-refractivity contribution in [1.29, 1.82) is 0 Å². The first-order valence-electron chi connectivity index (χ1n) is 7.56. The van der Waals surface area contributed by atoms with Crippen molar-refractivity contribution in [2.75, 3.05) is 39.3 Å². The van der Waals surface area contributed by atoms with E-state index in [2.05, 4.69) is 10.6 Å². The Balaban J connectivity index is 0.00000264. The molecule has 1 saturated heterocycles. The molecular formula is C16H25ClN2O4. The molecule has 2 rings (SSSR count). The standard InChI is InChI=1S/C16H24N2O4.ClH/c1-20-8-9-22-15-10-13(5-6-14(15)21-2)18-16(19)11-12-4-3-7-17-12;/h5-6,10,12,17H,3-4,7-9,11H2,1-2H3,(H,18,19);1H. The topological polar surface area (TPSA) is 68.8 Å². The van der Waals surface area contributed by atoms with Crippen LogP contribution in [0.1, 0.15) is 19.3 Å². The number of hydrogen-bond donors (Lipinski definition) is 2. The van der Waals surface area contributed by atoms with Crippen molar-refractivity contribution >= 4 is 24.0 Å². The summed E-state index contributed by atoms with van der Waals surface area (Å²) in [7, 11) is 3.21. The van der Waals surface area contributed by atoms with Crippen LogP contribution in [0.15, 0.2) is 18.2 Å². The molecule has 23 heavy (non-hydrogen) atoms. The van der Waals surface area contributed by atoms with Crippen LogP contribution in [0.2, 0.25) is 0 Å². The first-order chi connectivity index (χ1) is 10.7. The van der Waals surface area contributed by atoms with Crippen LogP contribution in [-0.2, 0) is 9.53 Å². The Kier molecular flexibility index (Phi) is 8.76. The quantitative estimate of drug-likeness (QED) is 0.708. The molecule has 7 heteroatoms. The second-order valence-electron chi connectivity index (χ2n) is 5.25. The highest BCUT2D eigenvalue weighted by atomic mass is 35.5. The Morgan fingerprint density at radius 1 is 1.30 bits per heavy atom. The van der Waals surface area contributed by atoms with Crippen LogP contribution in [0.4, 0.5) is 5.69 Å². The zero-order valence-corrected chi connectivity index (χ0v) is 14.4. The van der Waals surface area contributed by atoms with Gasteiger partial charge >= 0.3 is 0 Å². The highest BCUT2D eigenvalue weighted by molar-refractivity contribution is 5.91. The summed E-state index contributed by atoms with van der Waals surface area (Å²) in [4.78, 5) is 12.1. The zero-order chi connectivity index (χ0) is 15.8. The minimum atomic E-state index is 0.